The minimum absolute atomic E-state index is 0.00252. The summed E-state index contributed by atoms with van der Waals surface area (Å²) in [5.41, 5.74) is 0.774. The van der Waals surface area contributed by atoms with Gasteiger partial charge in [0.05, 0.1) is 15.3 Å². The number of amides is 1. The Balaban J connectivity index is 1.47. The van der Waals surface area contributed by atoms with Gasteiger partial charge in [0.25, 0.3) is 0 Å². The number of nitrogens with zero attached hydrogens (tertiary/aromatic N) is 4. The van der Waals surface area contributed by atoms with Crippen molar-refractivity contribution in [2.75, 3.05) is 36.0 Å². The smallest absolute Gasteiger partial charge is 0.404 e. The summed E-state index contributed by atoms with van der Waals surface area (Å²) in [6, 6.07) is 2.12. The van der Waals surface area contributed by atoms with E-state index in [2.05, 4.69) is 71.0 Å². The zero-order chi connectivity index (χ0) is 24.7. The Morgan fingerprint density at radius 1 is 1.21 bits per heavy atom. The van der Waals surface area contributed by atoms with E-state index >= 15 is 0 Å². The maximum atomic E-state index is 10.9. The number of thiazole rings is 1. The highest BCUT2D eigenvalue weighted by Gasteiger charge is 2.40. The third kappa shape index (κ3) is 5.68. The first-order chi connectivity index (χ1) is 15.9. The number of aromatic nitrogens is 2. The van der Waals surface area contributed by atoms with Gasteiger partial charge in [-0.25, -0.2) is 9.78 Å². The van der Waals surface area contributed by atoms with Gasteiger partial charge in [0.1, 0.15) is 5.82 Å². The summed E-state index contributed by atoms with van der Waals surface area (Å²) < 4.78 is 8.75. The second kappa shape index (κ2) is 9.91. The average molecular weight is 571 g/mol. The molecule has 34 heavy (non-hydrogen) atoms. The molecule has 2 aromatic rings. The molecule has 0 aromatic carbocycles. The molecule has 2 aliphatic heterocycles. The predicted molar refractivity (Wildman–Crippen MR) is 145 cm³/mol. The van der Waals surface area contributed by atoms with Crippen LogP contribution in [0, 0.1) is 0 Å². The van der Waals surface area contributed by atoms with Crippen LogP contribution in [0.5, 0.6) is 0 Å². The summed E-state index contributed by atoms with van der Waals surface area (Å²) in [6.07, 6.45) is 3.04. The van der Waals surface area contributed by atoms with Gasteiger partial charge < -0.3 is 24.6 Å². The van der Waals surface area contributed by atoms with Gasteiger partial charge in [0.2, 0.25) is 0 Å². The van der Waals surface area contributed by atoms with Crippen LogP contribution in [0.3, 0.4) is 0 Å². The fourth-order valence-corrected chi connectivity index (χ4v) is 7.47. The molecule has 0 radical (unpaired) electrons. The fourth-order valence-electron chi connectivity index (χ4n) is 4.39. The van der Waals surface area contributed by atoms with Crippen molar-refractivity contribution in [3.8, 4) is 0 Å². The largest absolute Gasteiger partial charge is 0.465 e. The van der Waals surface area contributed by atoms with E-state index in [0.29, 0.717) is 0 Å². The lowest BCUT2D eigenvalue weighted by Crippen LogP contribution is -2.49. The van der Waals surface area contributed by atoms with E-state index in [4.69, 9.17) is 19.5 Å². The predicted octanol–water partition coefficient (Wildman–Crippen LogP) is 5.68. The molecule has 2 aromatic heterocycles. The fraction of sp³-hybridized carbons (Fsp3) is 0.696. The Morgan fingerprint density at radius 3 is 2.56 bits per heavy atom. The van der Waals surface area contributed by atoms with Crippen molar-refractivity contribution in [3.63, 3.8) is 0 Å². The van der Waals surface area contributed by atoms with Crippen molar-refractivity contribution in [2.24, 2.45) is 0 Å². The molecule has 0 saturated carbocycles. The molecule has 4 rings (SSSR count). The monoisotopic (exact) mass is 569 g/mol. The number of hydrogen-bond acceptors (Lipinski definition) is 7. The molecule has 8 nitrogen and oxygen atoms in total. The minimum Gasteiger partial charge on any atom is -0.465 e. The van der Waals surface area contributed by atoms with Crippen LogP contribution in [0.2, 0.25) is 18.1 Å². The number of halogens is 1. The molecular formula is C23H36BrN5O3SSi. The van der Waals surface area contributed by atoms with Gasteiger partial charge >= 0.3 is 6.09 Å². The van der Waals surface area contributed by atoms with Crippen LogP contribution >= 0.6 is 27.3 Å². The number of carbonyl (C=O) groups is 1. The summed E-state index contributed by atoms with van der Waals surface area (Å²) >= 11 is 5.40. The number of carboxylic acid groups (broad SMARTS) is 1. The van der Waals surface area contributed by atoms with E-state index in [-0.39, 0.29) is 17.2 Å². The molecule has 2 fully saturated rings. The number of nitrogens with one attached hydrogen (secondary N) is 1. The molecule has 0 bridgehead atoms. The Kier molecular flexibility index (Phi) is 7.47. The molecule has 1 unspecified atom stereocenters. The maximum Gasteiger partial charge on any atom is 0.404 e. The molecule has 2 aliphatic rings. The van der Waals surface area contributed by atoms with Crippen LogP contribution in [0.25, 0.3) is 10.3 Å². The number of fused-ring (bicyclic) bond motifs is 1. The van der Waals surface area contributed by atoms with Crippen molar-refractivity contribution in [3.05, 3.63) is 10.5 Å². The Bertz CT molecular complexity index is 1040. The third-order valence-electron chi connectivity index (χ3n) is 7.34. The zero-order valence-corrected chi connectivity index (χ0v) is 24.1. The van der Waals surface area contributed by atoms with Gasteiger partial charge in [0, 0.05) is 32.2 Å². The highest BCUT2D eigenvalue weighted by atomic mass is 79.9. The van der Waals surface area contributed by atoms with E-state index in [1.165, 1.54) is 0 Å². The Morgan fingerprint density at radius 2 is 1.91 bits per heavy atom. The van der Waals surface area contributed by atoms with Crippen LogP contribution in [-0.2, 0) is 4.43 Å². The molecule has 2 N–H and O–H groups in total. The number of hydrogen-bond donors (Lipinski definition) is 2. The van der Waals surface area contributed by atoms with Crippen LogP contribution in [-0.4, -0.2) is 67.8 Å². The number of piperidine rings is 2. The van der Waals surface area contributed by atoms with Crippen LogP contribution < -0.4 is 15.1 Å². The molecule has 0 aliphatic carbocycles. The van der Waals surface area contributed by atoms with E-state index in [1.807, 2.05) is 0 Å². The summed E-state index contributed by atoms with van der Waals surface area (Å²) in [4.78, 5) is 25.3. The molecule has 0 spiro atoms. The molecule has 1 amide bonds. The summed E-state index contributed by atoms with van der Waals surface area (Å²) in [7, 11) is -1.81. The van der Waals surface area contributed by atoms with Crippen molar-refractivity contribution < 1.29 is 14.3 Å². The van der Waals surface area contributed by atoms with Crippen molar-refractivity contribution >= 4 is 63.0 Å². The lowest BCUT2D eigenvalue weighted by Gasteiger charge is -2.42. The average Bonchev–Trinajstić information content (AvgIpc) is 3.15. The lowest BCUT2D eigenvalue weighted by atomic mass is 10.1. The zero-order valence-electron chi connectivity index (χ0n) is 20.7. The lowest BCUT2D eigenvalue weighted by molar-refractivity contribution is 0.160. The van der Waals surface area contributed by atoms with E-state index in [0.717, 1.165) is 77.6 Å². The van der Waals surface area contributed by atoms with Gasteiger partial charge in [-0.1, -0.05) is 32.1 Å². The minimum atomic E-state index is -1.81. The van der Waals surface area contributed by atoms with Gasteiger partial charge in [-0.2, -0.15) is 4.98 Å². The van der Waals surface area contributed by atoms with Gasteiger partial charge in [-0.3, -0.25) is 0 Å². The molecular weight excluding hydrogens is 534 g/mol. The maximum absolute atomic E-state index is 10.9. The quantitative estimate of drug-likeness (QED) is 0.447. The SMILES string of the molecule is CC(C)(C)[Si](C)(C)OC1CCCN(c2nc3nc(N4CCC(NC(=O)O)CC4)c(Br)cc3s2)C1. The summed E-state index contributed by atoms with van der Waals surface area (Å²) in [5, 5.41) is 12.8. The van der Waals surface area contributed by atoms with E-state index < -0.39 is 14.4 Å². The molecule has 4 heterocycles. The summed E-state index contributed by atoms with van der Waals surface area (Å²) in [5.74, 6) is 0.885. The van der Waals surface area contributed by atoms with Crippen LogP contribution in [0.15, 0.2) is 10.5 Å². The van der Waals surface area contributed by atoms with Gasteiger partial charge in [-0.15, -0.1) is 0 Å². The first-order valence-electron chi connectivity index (χ1n) is 12.1. The topological polar surface area (TPSA) is 90.8 Å². The Hall–Kier alpha value is -1.43. The standard InChI is InChI=1S/C23H36BrN5O3SSi/c1-23(2,3)34(4,5)32-16-7-6-10-29(14-16)21-27-19-18(33-21)13-17(24)20(26-19)28-11-8-15(9-12-28)25-22(30)31/h13,15-16,25H,6-12,14H2,1-5H3,(H,30,31). The van der Waals surface area contributed by atoms with Crippen LogP contribution in [0.4, 0.5) is 15.7 Å². The molecule has 1 atom stereocenters. The first kappa shape index (κ1) is 25.7. The normalized spacial score (nSPS) is 20.7. The second-order valence-corrected chi connectivity index (χ2v) is 17.5. The van der Waals surface area contributed by atoms with Crippen molar-refractivity contribution in [1.29, 1.82) is 0 Å². The number of pyridine rings is 1. The van der Waals surface area contributed by atoms with Gasteiger partial charge in [0.15, 0.2) is 19.1 Å². The third-order valence-corrected chi connectivity index (χ3v) is 13.5. The number of anilines is 2. The van der Waals surface area contributed by atoms with Crippen LogP contribution in [0.1, 0.15) is 46.5 Å². The Labute approximate surface area is 215 Å². The molecule has 11 heteroatoms. The summed E-state index contributed by atoms with van der Waals surface area (Å²) in [6.45, 7) is 14.9. The highest BCUT2D eigenvalue weighted by molar-refractivity contribution is 9.10. The van der Waals surface area contributed by atoms with Crippen molar-refractivity contribution in [1.82, 2.24) is 15.3 Å². The number of rotatable bonds is 5. The first-order valence-corrected chi connectivity index (χ1v) is 16.6. The van der Waals surface area contributed by atoms with Gasteiger partial charge in [-0.05, 0) is 65.8 Å². The van der Waals surface area contributed by atoms with E-state index in [1.54, 1.807) is 11.3 Å². The van der Waals surface area contributed by atoms with Crippen molar-refractivity contribution in [2.45, 2.75) is 76.7 Å². The molecule has 2 saturated heterocycles. The second-order valence-electron chi connectivity index (χ2n) is 10.9. The highest BCUT2D eigenvalue weighted by Crippen LogP contribution is 2.39. The molecule has 188 valence electrons. The van der Waals surface area contributed by atoms with E-state index in [9.17, 15) is 4.79 Å².